The zero-order chi connectivity index (χ0) is 18.1. The van der Waals surface area contributed by atoms with Crippen molar-refractivity contribution < 1.29 is 14.3 Å². The maximum atomic E-state index is 12.0. The number of likely N-dealkylation sites (N-methyl/N-ethyl adjacent to an activating group) is 1. The van der Waals surface area contributed by atoms with Crippen molar-refractivity contribution in [3.63, 3.8) is 0 Å². The molecule has 0 spiro atoms. The number of amides is 1. The van der Waals surface area contributed by atoms with Crippen LogP contribution in [0.3, 0.4) is 0 Å². The second-order valence-corrected chi connectivity index (χ2v) is 5.40. The normalized spacial score (nSPS) is 10.7. The zero-order valence-electron chi connectivity index (χ0n) is 14.9. The van der Waals surface area contributed by atoms with Gasteiger partial charge in [0.05, 0.1) is 7.11 Å². The third-order valence-electron chi connectivity index (χ3n) is 3.80. The molecule has 0 fully saturated rings. The Morgan fingerprint density at radius 3 is 2.64 bits per heavy atom. The lowest BCUT2D eigenvalue weighted by molar-refractivity contribution is -0.125. The molecule has 0 aliphatic heterocycles. The highest BCUT2D eigenvalue weighted by Gasteiger charge is 2.07. The zero-order valence-corrected chi connectivity index (χ0v) is 14.9. The van der Waals surface area contributed by atoms with E-state index in [0.717, 1.165) is 11.1 Å². The molecule has 0 atom stereocenters. The predicted molar refractivity (Wildman–Crippen MR) is 98.5 cm³/mol. The highest BCUT2D eigenvalue weighted by Crippen LogP contribution is 2.29. The van der Waals surface area contributed by atoms with Gasteiger partial charge in [-0.1, -0.05) is 12.1 Å². The van der Waals surface area contributed by atoms with E-state index in [9.17, 15) is 4.79 Å². The highest BCUT2D eigenvalue weighted by molar-refractivity contribution is 5.91. The number of ether oxygens (including phenoxy) is 2. The van der Waals surface area contributed by atoms with Gasteiger partial charge in [0, 0.05) is 37.1 Å². The maximum Gasteiger partial charge on any atom is 0.246 e. The molecule has 0 radical (unpaired) electrons. The summed E-state index contributed by atoms with van der Waals surface area (Å²) in [5.41, 5.74) is 1.87. The molecule has 25 heavy (non-hydrogen) atoms. The molecule has 1 heterocycles. The first-order valence-corrected chi connectivity index (χ1v) is 8.34. The number of carbonyl (C=O) groups is 1. The lowest BCUT2D eigenvalue weighted by Crippen LogP contribution is -2.28. The largest absolute Gasteiger partial charge is 0.493 e. The summed E-state index contributed by atoms with van der Waals surface area (Å²) in [4.78, 5) is 17.9. The minimum Gasteiger partial charge on any atom is -0.493 e. The van der Waals surface area contributed by atoms with Gasteiger partial charge in [0.2, 0.25) is 5.91 Å². The van der Waals surface area contributed by atoms with Gasteiger partial charge in [-0.15, -0.1) is 0 Å². The Morgan fingerprint density at radius 1 is 1.20 bits per heavy atom. The van der Waals surface area contributed by atoms with Crippen LogP contribution in [0.15, 0.2) is 48.8 Å². The van der Waals surface area contributed by atoms with E-state index in [1.54, 1.807) is 36.6 Å². The topological polar surface area (TPSA) is 51.7 Å². The van der Waals surface area contributed by atoms with Gasteiger partial charge in [0.15, 0.2) is 11.5 Å². The highest BCUT2D eigenvalue weighted by atomic mass is 16.5. The van der Waals surface area contributed by atoms with E-state index in [4.69, 9.17) is 9.47 Å². The summed E-state index contributed by atoms with van der Waals surface area (Å²) >= 11 is 0. The fourth-order valence-electron chi connectivity index (χ4n) is 2.36. The van der Waals surface area contributed by atoms with E-state index in [1.165, 1.54) is 0 Å². The van der Waals surface area contributed by atoms with Gasteiger partial charge in [-0.25, -0.2) is 0 Å². The van der Waals surface area contributed by atoms with Gasteiger partial charge in [0.25, 0.3) is 0 Å². The van der Waals surface area contributed by atoms with Crippen molar-refractivity contribution in [3.8, 4) is 11.5 Å². The van der Waals surface area contributed by atoms with E-state index >= 15 is 0 Å². The molecule has 2 rings (SSSR count). The van der Waals surface area contributed by atoms with Gasteiger partial charge >= 0.3 is 0 Å². The number of nitrogens with zero attached hydrogens (tertiary/aromatic N) is 2. The Kier molecular flexibility index (Phi) is 7.01. The molecule has 0 bridgehead atoms. The minimum atomic E-state index is 0.000806. The number of methoxy groups -OCH3 is 1. The number of carbonyl (C=O) groups excluding carboxylic acids is 1. The van der Waals surface area contributed by atoms with Crippen LogP contribution in [-0.4, -0.2) is 36.0 Å². The Balaban J connectivity index is 2.06. The number of hydrogen-bond acceptors (Lipinski definition) is 4. The summed E-state index contributed by atoms with van der Waals surface area (Å²) in [5.74, 6) is 1.28. The Labute approximate surface area is 148 Å². The minimum absolute atomic E-state index is 0.000806. The molecular formula is C20H24N2O3. The molecule has 0 saturated heterocycles. The number of aromatic nitrogens is 1. The van der Waals surface area contributed by atoms with Gasteiger partial charge in [-0.05, 0) is 43.7 Å². The molecule has 1 aromatic carbocycles. The van der Waals surface area contributed by atoms with Crippen LogP contribution in [0.5, 0.6) is 11.5 Å². The SMILES string of the molecule is CCN(CC)C(=O)/C=C/c1ccc(OCc2cccnc2)c(OC)c1. The quantitative estimate of drug-likeness (QED) is 0.690. The average Bonchev–Trinajstić information content (AvgIpc) is 2.66. The first-order chi connectivity index (χ1) is 12.2. The first kappa shape index (κ1) is 18.5. The average molecular weight is 340 g/mol. The molecule has 132 valence electrons. The Hall–Kier alpha value is -2.82. The summed E-state index contributed by atoms with van der Waals surface area (Å²) in [6, 6.07) is 9.42. The molecule has 5 heteroatoms. The van der Waals surface area contributed by atoms with Crippen LogP contribution in [0.25, 0.3) is 6.08 Å². The van der Waals surface area contributed by atoms with Crippen LogP contribution in [0.1, 0.15) is 25.0 Å². The van der Waals surface area contributed by atoms with Crippen molar-refractivity contribution >= 4 is 12.0 Å². The van der Waals surface area contributed by atoms with E-state index in [0.29, 0.717) is 31.2 Å². The van der Waals surface area contributed by atoms with Crippen LogP contribution in [-0.2, 0) is 11.4 Å². The number of benzene rings is 1. The predicted octanol–water partition coefficient (Wildman–Crippen LogP) is 3.55. The molecule has 0 saturated carbocycles. The second kappa shape index (κ2) is 9.47. The van der Waals surface area contributed by atoms with Crippen LogP contribution >= 0.6 is 0 Å². The number of pyridine rings is 1. The molecule has 5 nitrogen and oxygen atoms in total. The summed E-state index contributed by atoms with van der Waals surface area (Å²) < 4.78 is 11.2. The number of rotatable bonds is 8. The smallest absolute Gasteiger partial charge is 0.246 e. The molecule has 1 aromatic heterocycles. The van der Waals surface area contributed by atoms with Crippen molar-refractivity contribution in [1.82, 2.24) is 9.88 Å². The summed E-state index contributed by atoms with van der Waals surface area (Å²) in [6.45, 7) is 5.74. The Morgan fingerprint density at radius 2 is 2.00 bits per heavy atom. The van der Waals surface area contributed by atoms with Gasteiger partial charge in [0.1, 0.15) is 6.61 Å². The van der Waals surface area contributed by atoms with Crippen molar-refractivity contribution in [2.24, 2.45) is 0 Å². The van der Waals surface area contributed by atoms with Crippen LogP contribution in [0.2, 0.25) is 0 Å². The van der Waals surface area contributed by atoms with E-state index < -0.39 is 0 Å². The van der Waals surface area contributed by atoms with Gasteiger partial charge in [-0.2, -0.15) is 0 Å². The fourth-order valence-corrected chi connectivity index (χ4v) is 2.36. The Bertz CT molecular complexity index is 710. The van der Waals surface area contributed by atoms with Gasteiger partial charge in [-0.3, -0.25) is 9.78 Å². The number of hydrogen-bond donors (Lipinski definition) is 0. The standard InChI is InChI=1S/C20H24N2O3/c1-4-22(5-2)20(23)11-9-16-8-10-18(19(13-16)24-3)25-15-17-7-6-12-21-14-17/h6-14H,4-5,15H2,1-3H3/b11-9+. The summed E-state index contributed by atoms with van der Waals surface area (Å²) in [5, 5.41) is 0. The van der Waals surface area contributed by atoms with Crippen LogP contribution in [0, 0.1) is 0 Å². The third-order valence-corrected chi connectivity index (χ3v) is 3.80. The molecule has 0 aliphatic rings. The molecule has 0 unspecified atom stereocenters. The first-order valence-electron chi connectivity index (χ1n) is 8.34. The molecule has 1 amide bonds. The fraction of sp³-hybridized carbons (Fsp3) is 0.300. The lowest BCUT2D eigenvalue weighted by atomic mass is 10.2. The van der Waals surface area contributed by atoms with Crippen LogP contribution < -0.4 is 9.47 Å². The lowest BCUT2D eigenvalue weighted by Gasteiger charge is -2.16. The molecular weight excluding hydrogens is 316 g/mol. The van der Waals surface area contributed by atoms with Crippen molar-refractivity contribution in [2.75, 3.05) is 20.2 Å². The monoisotopic (exact) mass is 340 g/mol. The summed E-state index contributed by atoms with van der Waals surface area (Å²) in [7, 11) is 1.60. The second-order valence-electron chi connectivity index (χ2n) is 5.40. The van der Waals surface area contributed by atoms with Crippen molar-refractivity contribution in [3.05, 3.63) is 59.9 Å². The van der Waals surface area contributed by atoms with Crippen molar-refractivity contribution in [1.29, 1.82) is 0 Å². The molecule has 0 N–H and O–H groups in total. The van der Waals surface area contributed by atoms with E-state index in [-0.39, 0.29) is 5.91 Å². The summed E-state index contributed by atoms with van der Waals surface area (Å²) in [6.07, 6.45) is 6.86. The van der Waals surface area contributed by atoms with Crippen LogP contribution in [0.4, 0.5) is 0 Å². The maximum absolute atomic E-state index is 12.0. The molecule has 2 aromatic rings. The molecule has 0 aliphatic carbocycles. The van der Waals surface area contributed by atoms with E-state index in [1.807, 2.05) is 44.2 Å². The third kappa shape index (κ3) is 5.35. The van der Waals surface area contributed by atoms with E-state index in [2.05, 4.69) is 4.98 Å². The van der Waals surface area contributed by atoms with Crippen molar-refractivity contribution in [2.45, 2.75) is 20.5 Å². The van der Waals surface area contributed by atoms with Gasteiger partial charge < -0.3 is 14.4 Å².